The summed E-state index contributed by atoms with van der Waals surface area (Å²) >= 11 is 0. The van der Waals surface area contributed by atoms with E-state index in [9.17, 15) is 23.1 Å². The molecule has 0 spiro atoms. The number of carbonyl (C=O) groups excluding carboxylic acids is 1. The number of anilines is 3. The second-order valence-electron chi connectivity index (χ2n) is 29.3. The molecule has 0 amide bonds. The maximum absolute atomic E-state index is 12.1. The fourth-order valence-electron chi connectivity index (χ4n) is 11.3. The molecule has 0 bridgehead atoms. The molecule has 2 N–H and O–H groups in total. The number of carbonyl (C=O) groups is 1. The predicted molar refractivity (Wildman–Crippen MR) is 455 cm³/mol. The van der Waals surface area contributed by atoms with Gasteiger partial charge >= 0.3 is 6.18 Å². The van der Waals surface area contributed by atoms with Crippen LogP contribution in [0.5, 0.6) is 0 Å². The molecule has 118 heavy (non-hydrogen) atoms. The minimum Gasteiger partial charge on any atom is -0.512 e. The molecule has 0 fully saturated rings. The van der Waals surface area contributed by atoms with Crippen LogP contribution < -0.4 is 4.90 Å². The molecule has 15 aromatic rings. The molecule has 0 saturated carbocycles. The van der Waals surface area contributed by atoms with Crippen molar-refractivity contribution >= 4 is 22.8 Å². The first-order valence-corrected chi connectivity index (χ1v) is 37.3. The summed E-state index contributed by atoms with van der Waals surface area (Å²) in [6.45, 7) is 17.4. The number of benzene rings is 9. The number of alkyl halides is 3. The van der Waals surface area contributed by atoms with Gasteiger partial charge in [-0.3, -0.25) is 14.2 Å². The van der Waals surface area contributed by atoms with Gasteiger partial charge in [-0.25, -0.2) is 0 Å². The van der Waals surface area contributed by atoms with E-state index >= 15 is 0 Å². The van der Waals surface area contributed by atoms with Crippen molar-refractivity contribution in [3.8, 4) is 89.7 Å². The number of aliphatic hydroxyl groups excluding tert-OH is 1. The third-order valence-electron chi connectivity index (χ3n) is 17.9. The van der Waals surface area contributed by atoms with Gasteiger partial charge in [0.25, 0.3) is 0 Å². The average Bonchev–Trinajstić information content (AvgIpc) is 1.40. The Morgan fingerprint density at radius 2 is 0.805 bits per heavy atom. The quantitative estimate of drug-likeness (QED) is 0.0612. The zero-order chi connectivity index (χ0) is 81.3. The average molecular weight is 2280 g/mol. The summed E-state index contributed by atoms with van der Waals surface area (Å²) in [6, 6.07) is 110. The number of nitrogens with zero attached hydrogens (tertiary/aromatic N) is 9. The van der Waals surface area contributed by atoms with Crippen LogP contribution in [0.2, 0.25) is 0 Å². The number of ketones is 1. The fraction of sp³-hybridized carbons (Fsp3) is 0.162. The van der Waals surface area contributed by atoms with Crippen molar-refractivity contribution in [1.82, 2.24) is 39.5 Å². The van der Waals surface area contributed by atoms with Gasteiger partial charge in [0.1, 0.15) is 5.76 Å². The van der Waals surface area contributed by atoms with Crippen LogP contribution in [-0.2, 0) is 98.8 Å². The number of rotatable bonds is 14. The van der Waals surface area contributed by atoms with E-state index in [0.717, 1.165) is 83.6 Å². The predicted octanol–water partition coefficient (Wildman–Crippen LogP) is 24.3. The molecule has 4 radical (unpaired) electrons. The van der Waals surface area contributed by atoms with Gasteiger partial charge in [-0.05, 0) is 127 Å². The summed E-state index contributed by atoms with van der Waals surface area (Å²) in [5, 5.41) is 26.4. The fourth-order valence-corrected chi connectivity index (χ4v) is 11.3. The molecule has 19 heteroatoms. The zero-order valence-corrected chi connectivity index (χ0v) is 76.8. The van der Waals surface area contributed by atoms with Crippen LogP contribution in [0.4, 0.5) is 30.2 Å². The van der Waals surface area contributed by atoms with Crippen molar-refractivity contribution in [2.24, 2.45) is 17.9 Å². The molecule has 6 aromatic heterocycles. The maximum atomic E-state index is 12.1. The molecule has 0 saturated heterocycles. The zero-order valence-electron chi connectivity index (χ0n) is 67.3. The topological polar surface area (TPSA) is 148 Å². The van der Waals surface area contributed by atoms with Crippen molar-refractivity contribution < 1.29 is 109 Å². The van der Waals surface area contributed by atoms with Gasteiger partial charge < -0.3 is 35.0 Å². The monoisotopic (exact) mass is 2280 g/mol. The molecule has 0 aliphatic carbocycles. The molecule has 1 unspecified atom stereocenters. The van der Waals surface area contributed by atoms with Crippen molar-refractivity contribution in [3.63, 3.8) is 0 Å². The van der Waals surface area contributed by atoms with E-state index in [4.69, 9.17) is 5.11 Å². The molecule has 15 rings (SSSR count). The Labute approximate surface area is 746 Å². The van der Waals surface area contributed by atoms with E-state index < -0.39 is 23.7 Å². The summed E-state index contributed by atoms with van der Waals surface area (Å²) < 4.78 is 39.3. The maximum Gasteiger partial charge on any atom is 0.418 e. The smallest absolute Gasteiger partial charge is 0.418 e. The van der Waals surface area contributed by atoms with Gasteiger partial charge in [-0.2, -0.15) is 23.4 Å². The first kappa shape index (κ1) is 96.2. The van der Waals surface area contributed by atoms with Crippen molar-refractivity contribution in [1.29, 1.82) is 0 Å². The van der Waals surface area contributed by atoms with Crippen LogP contribution in [0.15, 0.2) is 340 Å². The van der Waals surface area contributed by atoms with Crippen LogP contribution in [0.1, 0.15) is 65.2 Å². The van der Waals surface area contributed by atoms with E-state index in [-0.39, 0.29) is 97.4 Å². The van der Waals surface area contributed by atoms with Crippen LogP contribution in [0, 0.1) is 55.9 Å². The SMILES string of the molecule is CC(C)(C)C(=O)C=C(O)C(C)(C)C.CC(O)(Cn1cccn1)C(F)(F)F.Cc1ccc(-c2[c-]ccc(-c3ccccc3)c2)nc1.Cc1ccc(-c2[c-]ccc(-c3ccccc3)c2)nc1.Cc1ccnc(-c2[c-]ccc(-c3ccnn3C)c2)c1.[Ir].[Ir].[Ir].[Ir].[c-]1ccc(-c2ccccc2)cc1-c1cc(N(c2ccccc2)c2ccccc2)ccn1. The number of aliphatic hydroxyl groups is 2. The largest absolute Gasteiger partial charge is 0.512 e. The minimum absolute atomic E-state index is 0. The number of aryl methyl sites for hydroxylation is 4. The van der Waals surface area contributed by atoms with Crippen molar-refractivity contribution in [3.05, 3.63) is 381 Å². The van der Waals surface area contributed by atoms with Crippen molar-refractivity contribution in [2.45, 2.75) is 87.6 Å². The summed E-state index contributed by atoms with van der Waals surface area (Å²) in [7, 11) is 1.94. The van der Waals surface area contributed by atoms with Crippen LogP contribution in [0.25, 0.3) is 89.7 Å². The van der Waals surface area contributed by atoms with Crippen LogP contribution >= 0.6 is 0 Å². The Balaban J connectivity index is 0.000000224. The second-order valence-corrected chi connectivity index (χ2v) is 29.3. The number of hydrogen-bond acceptors (Lipinski definition) is 10. The number of allylic oxidation sites excluding steroid dienone is 2. The number of pyridine rings is 4. The molecule has 0 aliphatic heterocycles. The van der Waals surface area contributed by atoms with E-state index in [2.05, 4.69) is 254 Å². The van der Waals surface area contributed by atoms with E-state index in [1.807, 2.05) is 183 Å². The number of halogens is 3. The molecular weight excluding hydrogens is 2190 g/mol. The molecule has 9 aromatic carbocycles. The summed E-state index contributed by atoms with van der Waals surface area (Å²) in [5.74, 6) is 0.104. The summed E-state index contributed by atoms with van der Waals surface area (Å²) in [5.41, 5.74) is 20.5. The molecule has 6 heterocycles. The van der Waals surface area contributed by atoms with E-state index in [1.54, 1.807) is 6.20 Å². The van der Waals surface area contributed by atoms with Gasteiger partial charge in [0.15, 0.2) is 11.4 Å². The molecular formula is C99H92F3Ir4N9O3-4. The number of para-hydroxylation sites is 2. The second kappa shape index (κ2) is 45.9. The number of hydrogen-bond donors (Lipinski definition) is 2. The molecule has 612 valence electrons. The molecule has 1 atom stereocenters. The first-order valence-electron chi connectivity index (χ1n) is 37.3. The van der Waals surface area contributed by atoms with Crippen molar-refractivity contribution in [2.75, 3.05) is 4.90 Å². The normalized spacial score (nSPS) is 11.3. The molecule has 0 aliphatic rings. The Morgan fingerprint density at radius 1 is 0.407 bits per heavy atom. The van der Waals surface area contributed by atoms with E-state index in [0.29, 0.717) is 6.92 Å². The van der Waals surface area contributed by atoms with Crippen LogP contribution in [-0.4, -0.2) is 67.3 Å². The van der Waals surface area contributed by atoms with Gasteiger partial charge in [0, 0.05) is 171 Å². The minimum atomic E-state index is -4.64. The van der Waals surface area contributed by atoms with Gasteiger partial charge in [-0.1, -0.05) is 216 Å². The first-order chi connectivity index (χ1) is 54.6. The summed E-state index contributed by atoms with van der Waals surface area (Å²) in [6.07, 6.45) is 8.68. The molecule has 12 nitrogen and oxygen atoms in total. The Hall–Kier alpha value is -10.6. The Kier molecular flexibility index (Phi) is 37.4. The third kappa shape index (κ3) is 28.6. The Morgan fingerprint density at radius 3 is 1.17 bits per heavy atom. The third-order valence-corrected chi connectivity index (χ3v) is 17.9. The van der Waals surface area contributed by atoms with E-state index in [1.165, 1.54) is 69.0 Å². The summed E-state index contributed by atoms with van der Waals surface area (Å²) in [4.78, 5) is 31.7. The van der Waals surface area contributed by atoms with Gasteiger partial charge in [-0.15, -0.1) is 136 Å². The van der Waals surface area contributed by atoms with Crippen LogP contribution in [0.3, 0.4) is 0 Å². The van der Waals surface area contributed by atoms with Gasteiger partial charge in [0.2, 0.25) is 0 Å². The van der Waals surface area contributed by atoms with Gasteiger partial charge in [0.05, 0.1) is 6.54 Å². The Bertz CT molecular complexity index is 5370. The standard InChI is InChI=1S/C29H21N2.2C18H14N.C16H14N3.C11H20O2.C7H9F3N2O.4Ir/c1-4-11-23(12-5-1)24-13-10-14-25(21-24)29-22-28(19-20-30-29)31(26-15-6-2-7-16-26)27-17-8-3-9-18-27;2*1-14-10-11-18(19-13-14)17-9-5-8-16(12-17)15-6-3-2-4-7-15;1-12-6-8-17-15(10-12)13-4-3-5-14(11-13)16-7-9-18-19(16)2;1-10(2,3)8(12)7-9(13)11(4,5)6;1-6(13,7(8,9)10)5-12-4-2-3-11-12;;;;/h1-13,15-22H;2*2-8,10-13H,1H3;3,5-11H,1-2H3;7,12H,1-6H3;2-4,13H,5H2,1H3;;;;/q4*-1;;;;;;. The number of aromatic nitrogens is 8.